The number of halogens is 1. The summed E-state index contributed by atoms with van der Waals surface area (Å²) in [6, 6.07) is 17.3. The molecule has 0 aromatic heterocycles. The maximum Gasteiger partial charge on any atom is 0.179 e. The molecule has 0 aliphatic carbocycles. The van der Waals surface area contributed by atoms with E-state index in [-0.39, 0.29) is 11.8 Å². The highest BCUT2D eigenvalue weighted by Gasteiger charge is 2.19. The van der Waals surface area contributed by atoms with Crippen LogP contribution in [-0.2, 0) is 6.42 Å². The number of likely N-dealkylation sites (N-methyl/N-ethyl adjacent to an activating group) is 1. The smallest absolute Gasteiger partial charge is 0.179 e. The normalized spacial score (nSPS) is 12.4. The molecule has 3 heteroatoms. The van der Waals surface area contributed by atoms with E-state index in [1.165, 1.54) is 5.56 Å². The Hall–Kier alpha value is -1.64. The molecule has 0 heterocycles. The minimum absolute atomic E-state index is 0.105. The fraction of sp³-hybridized carbons (Fsp3) is 0.278. The van der Waals surface area contributed by atoms with Gasteiger partial charge in [-0.15, -0.1) is 0 Å². The van der Waals surface area contributed by atoms with Gasteiger partial charge in [-0.25, -0.2) is 0 Å². The van der Waals surface area contributed by atoms with Crippen molar-refractivity contribution < 1.29 is 4.79 Å². The highest BCUT2D eigenvalue weighted by Crippen LogP contribution is 2.14. The Balaban J connectivity index is 1.95. The second-order valence-electron chi connectivity index (χ2n) is 5.27. The maximum absolute atomic E-state index is 12.4. The number of nitrogens with zero attached hydrogens (tertiary/aromatic N) is 1. The lowest BCUT2D eigenvalue weighted by molar-refractivity contribution is 0.0870. The molecule has 0 amide bonds. The van der Waals surface area contributed by atoms with Gasteiger partial charge < -0.3 is 0 Å². The van der Waals surface area contributed by atoms with Crippen LogP contribution >= 0.6 is 11.6 Å². The van der Waals surface area contributed by atoms with E-state index in [4.69, 9.17) is 11.6 Å². The highest BCUT2D eigenvalue weighted by atomic mass is 35.5. The van der Waals surface area contributed by atoms with Gasteiger partial charge in [-0.3, -0.25) is 9.69 Å². The Morgan fingerprint density at radius 3 is 2.52 bits per heavy atom. The monoisotopic (exact) mass is 301 g/mol. The summed E-state index contributed by atoms with van der Waals surface area (Å²) in [5.74, 6) is 0.105. The van der Waals surface area contributed by atoms with E-state index in [1.54, 1.807) is 12.1 Å². The molecule has 0 fully saturated rings. The van der Waals surface area contributed by atoms with Crippen molar-refractivity contribution in [2.24, 2.45) is 0 Å². The van der Waals surface area contributed by atoms with Crippen molar-refractivity contribution in [1.29, 1.82) is 0 Å². The van der Waals surface area contributed by atoms with E-state index in [9.17, 15) is 4.79 Å². The van der Waals surface area contributed by atoms with Gasteiger partial charge in [-0.1, -0.05) is 54.1 Å². The molecule has 0 aliphatic heterocycles. The Kier molecular flexibility index (Phi) is 5.54. The van der Waals surface area contributed by atoms with Gasteiger partial charge in [0.1, 0.15) is 0 Å². The molecule has 0 saturated carbocycles. The van der Waals surface area contributed by atoms with Crippen LogP contribution in [0, 0.1) is 0 Å². The van der Waals surface area contributed by atoms with Crippen molar-refractivity contribution in [2.45, 2.75) is 19.4 Å². The summed E-state index contributed by atoms with van der Waals surface area (Å²) in [5, 5.41) is 0.597. The van der Waals surface area contributed by atoms with E-state index < -0.39 is 0 Å². The van der Waals surface area contributed by atoms with Crippen LogP contribution in [0.4, 0.5) is 0 Å². The predicted octanol–water partition coefficient (Wildman–Crippen LogP) is 4.09. The first-order valence-electron chi connectivity index (χ1n) is 7.12. The molecule has 0 bridgehead atoms. The quantitative estimate of drug-likeness (QED) is 0.749. The molecule has 0 aliphatic rings. The number of carbonyl (C=O) groups is 1. The minimum atomic E-state index is -0.160. The number of hydrogen-bond acceptors (Lipinski definition) is 2. The summed E-state index contributed by atoms with van der Waals surface area (Å²) in [5.41, 5.74) is 1.95. The van der Waals surface area contributed by atoms with E-state index in [2.05, 4.69) is 17.0 Å². The molecule has 2 aromatic carbocycles. The average molecular weight is 302 g/mol. The van der Waals surface area contributed by atoms with Gasteiger partial charge in [0.05, 0.1) is 6.04 Å². The zero-order valence-corrected chi connectivity index (χ0v) is 13.2. The summed E-state index contributed by atoms with van der Waals surface area (Å²) in [4.78, 5) is 14.5. The molecule has 2 aromatic rings. The predicted molar refractivity (Wildman–Crippen MR) is 88.0 cm³/mol. The Bertz CT molecular complexity index is 597. The second kappa shape index (κ2) is 7.39. The number of Topliss-reactive ketones (excluding diaryl/α,β-unsaturated/α-hetero) is 1. The van der Waals surface area contributed by atoms with Crippen LogP contribution in [0.2, 0.25) is 5.02 Å². The van der Waals surface area contributed by atoms with Crippen LogP contribution in [0.25, 0.3) is 0 Å². The third kappa shape index (κ3) is 4.42. The van der Waals surface area contributed by atoms with Crippen LogP contribution in [-0.4, -0.2) is 30.3 Å². The van der Waals surface area contributed by atoms with Gasteiger partial charge in [0, 0.05) is 17.1 Å². The summed E-state index contributed by atoms with van der Waals surface area (Å²) in [6.07, 6.45) is 0.935. The molecule has 2 nitrogen and oxygen atoms in total. The third-order valence-corrected chi connectivity index (χ3v) is 3.98. The van der Waals surface area contributed by atoms with Gasteiger partial charge in [-0.05, 0) is 38.1 Å². The molecule has 110 valence electrons. The fourth-order valence-corrected chi connectivity index (χ4v) is 2.42. The number of hydrogen-bond donors (Lipinski definition) is 0. The van der Waals surface area contributed by atoms with E-state index >= 15 is 0 Å². The summed E-state index contributed by atoms with van der Waals surface area (Å²) in [7, 11) is 1.98. The lowest BCUT2D eigenvalue weighted by atomic mass is 10.0. The van der Waals surface area contributed by atoms with Crippen LogP contribution in [0.15, 0.2) is 54.6 Å². The number of ketones is 1. The van der Waals surface area contributed by atoms with Gasteiger partial charge >= 0.3 is 0 Å². The maximum atomic E-state index is 12.4. The molecule has 0 N–H and O–H groups in total. The molecule has 0 spiro atoms. The van der Waals surface area contributed by atoms with Crippen molar-refractivity contribution in [3.05, 3.63) is 70.7 Å². The van der Waals surface area contributed by atoms with Gasteiger partial charge in [0.25, 0.3) is 0 Å². The number of rotatable bonds is 6. The van der Waals surface area contributed by atoms with E-state index in [1.807, 2.05) is 44.3 Å². The van der Waals surface area contributed by atoms with Gasteiger partial charge in [0.15, 0.2) is 5.78 Å². The van der Waals surface area contributed by atoms with E-state index in [0.29, 0.717) is 10.6 Å². The molecule has 1 atom stereocenters. The first-order chi connectivity index (χ1) is 10.1. The Morgan fingerprint density at radius 2 is 1.86 bits per heavy atom. The van der Waals surface area contributed by atoms with Gasteiger partial charge in [-0.2, -0.15) is 0 Å². The lowest BCUT2D eigenvalue weighted by Gasteiger charge is -2.23. The molecular formula is C18H20ClNO. The van der Waals surface area contributed by atoms with Crippen molar-refractivity contribution in [1.82, 2.24) is 4.90 Å². The number of benzene rings is 2. The van der Waals surface area contributed by atoms with Crippen LogP contribution in [0.1, 0.15) is 22.8 Å². The zero-order chi connectivity index (χ0) is 15.2. The largest absolute Gasteiger partial charge is 0.296 e. The highest BCUT2D eigenvalue weighted by molar-refractivity contribution is 6.31. The number of carbonyl (C=O) groups excluding carboxylic acids is 1. The van der Waals surface area contributed by atoms with Crippen LogP contribution in [0.3, 0.4) is 0 Å². The molecule has 1 unspecified atom stereocenters. The summed E-state index contributed by atoms with van der Waals surface area (Å²) < 4.78 is 0. The summed E-state index contributed by atoms with van der Waals surface area (Å²) >= 11 is 5.95. The van der Waals surface area contributed by atoms with Crippen molar-refractivity contribution in [2.75, 3.05) is 13.6 Å². The molecular weight excluding hydrogens is 282 g/mol. The Labute approximate surface area is 131 Å². The first-order valence-corrected chi connectivity index (χ1v) is 7.49. The fourth-order valence-electron chi connectivity index (χ4n) is 2.23. The standard InChI is InChI=1S/C18H20ClNO/c1-14(18(21)16-9-6-10-17(19)13-16)20(2)12-11-15-7-4-3-5-8-15/h3-10,13-14H,11-12H2,1-2H3. The Morgan fingerprint density at radius 1 is 1.14 bits per heavy atom. The zero-order valence-electron chi connectivity index (χ0n) is 12.4. The second-order valence-corrected chi connectivity index (χ2v) is 5.70. The van der Waals surface area contributed by atoms with Crippen LogP contribution in [0.5, 0.6) is 0 Å². The molecule has 2 rings (SSSR count). The topological polar surface area (TPSA) is 20.3 Å². The molecule has 0 radical (unpaired) electrons. The minimum Gasteiger partial charge on any atom is -0.296 e. The van der Waals surface area contributed by atoms with Crippen LogP contribution < -0.4 is 0 Å². The van der Waals surface area contributed by atoms with Crippen molar-refractivity contribution >= 4 is 17.4 Å². The van der Waals surface area contributed by atoms with Crippen molar-refractivity contribution in [3.8, 4) is 0 Å². The van der Waals surface area contributed by atoms with Gasteiger partial charge in [0.2, 0.25) is 0 Å². The summed E-state index contributed by atoms with van der Waals surface area (Å²) in [6.45, 7) is 2.78. The first kappa shape index (κ1) is 15.7. The SMILES string of the molecule is CC(C(=O)c1cccc(Cl)c1)N(C)CCc1ccccc1. The van der Waals surface area contributed by atoms with Crippen molar-refractivity contribution in [3.63, 3.8) is 0 Å². The third-order valence-electron chi connectivity index (χ3n) is 3.75. The molecule has 0 saturated heterocycles. The van der Waals surface area contributed by atoms with E-state index in [0.717, 1.165) is 13.0 Å². The lowest BCUT2D eigenvalue weighted by Crippen LogP contribution is -2.37. The average Bonchev–Trinajstić information content (AvgIpc) is 2.52. The molecule has 21 heavy (non-hydrogen) atoms.